The topological polar surface area (TPSA) is 0 Å². The van der Waals surface area contributed by atoms with Crippen LogP contribution in [0.2, 0.25) is 0 Å². The molecule has 1 aromatic carbocycles. The maximum Gasteiger partial charge on any atom is 0.0897 e. The maximum absolute atomic E-state index is 12.4. The van der Waals surface area contributed by atoms with Gasteiger partial charge in [0.15, 0.2) is 0 Å². The van der Waals surface area contributed by atoms with E-state index in [0.29, 0.717) is 6.42 Å². The summed E-state index contributed by atoms with van der Waals surface area (Å²) in [5, 5.41) is 0. The first kappa shape index (κ1) is 22.3. The Kier molecular flexibility index (Phi) is 8.30. The lowest BCUT2D eigenvalue weighted by atomic mass is 9.64. The molecule has 0 heterocycles. The van der Waals surface area contributed by atoms with Gasteiger partial charge in [-0.1, -0.05) is 50.5 Å². The second kappa shape index (κ2) is 11.1. The second-order valence-corrected chi connectivity index (χ2v) is 11.0. The van der Waals surface area contributed by atoms with E-state index in [4.69, 9.17) is 0 Å². The van der Waals surface area contributed by atoms with Gasteiger partial charge in [-0.2, -0.15) is 0 Å². The first-order chi connectivity index (χ1) is 14.8. The van der Waals surface area contributed by atoms with Crippen LogP contribution in [0.25, 0.3) is 0 Å². The number of hydrogen-bond donors (Lipinski definition) is 0. The Bertz CT molecular complexity index is 596. The van der Waals surface area contributed by atoms with E-state index in [-0.39, 0.29) is 6.67 Å². The fourth-order valence-electron chi connectivity index (χ4n) is 7.31. The van der Waals surface area contributed by atoms with Crippen molar-refractivity contribution in [2.24, 2.45) is 29.6 Å². The molecule has 3 saturated carbocycles. The molecular formula is C29H45F. The van der Waals surface area contributed by atoms with Crippen molar-refractivity contribution >= 4 is 0 Å². The van der Waals surface area contributed by atoms with Crippen molar-refractivity contribution in [1.82, 2.24) is 0 Å². The quantitative estimate of drug-likeness (QED) is 0.419. The molecule has 30 heavy (non-hydrogen) atoms. The molecule has 0 aromatic heterocycles. The first-order valence-corrected chi connectivity index (χ1v) is 13.4. The average Bonchev–Trinajstić information content (AvgIpc) is 2.83. The van der Waals surface area contributed by atoms with Gasteiger partial charge in [-0.15, -0.1) is 0 Å². The number of aryl methyl sites for hydroxylation is 1. The fourth-order valence-corrected chi connectivity index (χ4v) is 7.31. The Morgan fingerprint density at radius 3 is 1.60 bits per heavy atom. The Morgan fingerprint density at radius 1 is 0.667 bits per heavy atom. The Balaban J connectivity index is 1.19. The van der Waals surface area contributed by atoms with Gasteiger partial charge in [0.25, 0.3) is 0 Å². The Morgan fingerprint density at radius 2 is 1.13 bits per heavy atom. The smallest absolute Gasteiger partial charge is 0.0897 e. The van der Waals surface area contributed by atoms with E-state index in [2.05, 4.69) is 31.2 Å². The lowest BCUT2D eigenvalue weighted by molar-refractivity contribution is 0.109. The fraction of sp³-hybridized carbons (Fsp3) is 0.793. The highest BCUT2D eigenvalue weighted by molar-refractivity contribution is 5.26. The molecule has 4 rings (SSSR count). The second-order valence-electron chi connectivity index (χ2n) is 11.0. The van der Waals surface area contributed by atoms with Gasteiger partial charge >= 0.3 is 0 Å². The summed E-state index contributed by atoms with van der Waals surface area (Å²) in [6.45, 7) is 2.18. The number of hydrogen-bond acceptors (Lipinski definition) is 0. The van der Waals surface area contributed by atoms with E-state index >= 15 is 0 Å². The lowest BCUT2D eigenvalue weighted by Gasteiger charge is -2.41. The zero-order chi connectivity index (χ0) is 20.8. The van der Waals surface area contributed by atoms with Crippen LogP contribution in [-0.4, -0.2) is 6.67 Å². The van der Waals surface area contributed by atoms with Crippen molar-refractivity contribution < 1.29 is 4.39 Å². The zero-order valence-electron chi connectivity index (χ0n) is 19.5. The number of alkyl halides is 1. The maximum atomic E-state index is 12.4. The van der Waals surface area contributed by atoms with Crippen molar-refractivity contribution in [2.45, 2.75) is 109 Å². The molecule has 168 valence electrons. The van der Waals surface area contributed by atoms with Gasteiger partial charge in [-0.3, -0.25) is 4.39 Å². The number of rotatable bonds is 7. The van der Waals surface area contributed by atoms with Gasteiger partial charge in [-0.25, -0.2) is 0 Å². The summed E-state index contributed by atoms with van der Waals surface area (Å²) in [4.78, 5) is 0. The molecule has 0 saturated heterocycles. The average molecular weight is 413 g/mol. The van der Waals surface area contributed by atoms with Crippen molar-refractivity contribution in [3.05, 3.63) is 35.4 Å². The molecule has 1 heteroatoms. The van der Waals surface area contributed by atoms with E-state index < -0.39 is 0 Å². The molecule has 1 aromatic rings. The zero-order valence-corrected chi connectivity index (χ0v) is 19.5. The van der Waals surface area contributed by atoms with Crippen molar-refractivity contribution in [3.63, 3.8) is 0 Å². The molecule has 0 amide bonds. The van der Waals surface area contributed by atoms with Crippen LogP contribution in [0.4, 0.5) is 4.39 Å². The van der Waals surface area contributed by atoms with Crippen LogP contribution in [0.5, 0.6) is 0 Å². The summed E-state index contributed by atoms with van der Waals surface area (Å²) < 4.78 is 12.4. The highest BCUT2D eigenvalue weighted by atomic mass is 19.1. The SMILES string of the molecule is CC[C@H]1CC[C@H]([C@H]2CC[C@H](C3CCC(c4ccc(CCCF)cc4)CC3)CC2)CC1. The van der Waals surface area contributed by atoms with Gasteiger partial charge in [-0.05, 0) is 124 Å². The predicted octanol–water partition coefficient (Wildman–Crippen LogP) is 8.89. The van der Waals surface area contributed by atoms with E-state index in [1.54, 1.807) is 0 Å². The summed E-state index contributed by atoms with van der Waals surface area (Å²) in [7, 11) is 0. The van der Waals surface area contributed by atoms with E-state index in [1.165, 1.54) is 94.6 Å². The largest absolute Gasteiger partial charge is 0.251 e. The number of halogens is 1. The van der Waals surface area contributed by atoms with Gasteiger partial charge in [0.1, 0.15) is 0 Å². The minimum atomic E-state index is -0.201. The molecule has 3 aliphatic rings. The number of benzene rings is 1. The van der Waals surface area contributed by atoms with Crippen LogP contribution in [0.3, 0.4) is 0 Å². The lowest BCUT2D eigenvalue weighted by Crippen LogP contribution is -2.29. The molecule has 0 atom stereocenters. The summed E-state index contributed by atoms with van der Waals surface area (Å²) in [5.74, 6) is 5.96. The third-order valence-electron chi connectivity index (χ3n) is 9.44. The van der Waals surface area contributed by atoms with E-state index in [9.17, 15) is 4.39 Å². The summed E-state index contributed by atoms with van der Waals surface area (Å²) >= 11 is 0. The van der Waals surface area contributed by atoms with Gasteiger partial charge < -0.3 is 0 Å². The Hall–Kier alpha value is -0.850. The molecule has 3 aliphatic carbocycles. The molecule has 3 fully saturated rings. The highest BCUT2D eigenvalue weighted by Gasteiger charge is 2.34. The van der Waals surface area contributed by atoms with Crippen molar-refractivity contribution in [2.75, 3.05) is 6.67 Å². The molecule has 0 unspecified atom stereocenters. The summed E-state index contributed by atoms with van der Waals surface area (Å²) in [5.41, 5.74) is 2.83. The van der Waals surface area contributed by atoms with Crippen molar-refractivity contribution in [3.8, 4) is 0 Å². The van der Waals surface area contributed by atoms with Gasteiger partial charge in [0.05, 0.1) is 6.67 Å². The van der Waals surface area contributed by atoms with Crippen LogP contribution >= 0.6 is 0 Å². The van der Waals surface area contributed by atoms with Crippen molar-refractivity contribution in [1.29, 1.82) is 0 Å². The standard InChI is InChI=1S/C29H45F/c1-2-22-5-9-24(10-6-22)26-13-17-28(18-14-26)29-19-15-27(16-20-29)25-11-7-23(8-12-25)4-3-21-30/h7-8,11-12,22,24,26-29H,2-6,9-10,13-21H2,1H3/t22-,24-,26-,27?,28-,29?. The molecule has 0 spiro atoms. The minimum absolute atomic E-state index is 0.201. The third-order valence-corrected chi connectivity index (χ3v) is 9.44. The third kappa shape index (κ3) is 5.68. The minimum Gasteiger partial charge on any atom is -0.251 e. The molecule has 0 bridgehead atoms. The molecule has 0 radical (unpaired) electrons. The normalized spacial score (nSPS) is 35.3. The van der Waals surface area contributed by atoms with Crippen LogP contribution in [0.1, 0.15) is 114 Å². The Labute approximate surface area is 185 Å². The first-order valence-electron chi connectivity index (χ1n) is 13.4. The summed E-state index contributed by atoms with van der Waals surface area (Å²) in [6.07, 6.45) is 20.8. The van der Waals surface area contributed by atoms with E-state index in [1.807, 2.05) is 0 Å². The van der Waals surface area contributed by atoms with Crippen LogP contribution in [0.15, 0.2) is 24.3 Å². The van der Waals surface area contributed by atoms with Gasteiger partial charge in [0.2, 0.25) is 0 Å². The molecule has 0 N–H and O–H groups in total. The van der Waals surface area contributed by atoms with Crippen LogP contribution in [-0.2, 0) is 6.42 Å². The van der Waals surface area contributed by atoms with Crippen LogP contribution < -0.4 is 0 Å². The summed E-state index contributed by atoms with van der Waals surface area (Å²) in [6, 6.07) is 9.15. The predicted molar refractivity (Wildman–Crippen MR) is 127 cm³/mol. The molecule has 0 aliphatic heterocycles. The van der Waals surface area contributed by atoms with E-state index in [0.717, 1.165) is 41.9 Å². The van der Waals surface area contributed by atoms with Crippen LogP contribution in [0, 0.1) is 29.6 Å². The van der Waals surface area contributed by atoms with Gasteiger partial charge in [0, 0.05) is 0 Å². The molecule has 0 nitrogen and oxygen atoms in total. The monoisotopic (exact) mass is 412 g/mol. The highest BCUT2D eigenvalue weighted by Crippen LogP contribution is 2.47. The molecular weight excluding hydrogens is 367 g/mol.